The third kappa shape index (κ3) is 5.06. The summed E-state index contributed by atoms with van der Waals surface area (Å²) in [6.45, 7) is 5.41. The Hall–Kier alpha value is -1.95. The van der Waals surface area contributed by atoms with Crippen LogP contribution in [0.25, 0.3) is 0 Å². The van der Waals surface area contributed by atoms with Crippen molar-refractivity contribution in [2.45, 2.75) is 26.4 Å². The van der Waals surface area contributed by atoms with E-state index in [4.69, 9.17) is 4.74 Å². The van der Waals surface area contributed by atoms with Crippen LogP contribution in [0.3, 0.4) is 0 Å². The highest BCUT2D eigenvalue weighted by atomic mass is 16.6. The fourth-order valence-corrected chi connectivity index (χ4v) is 0.980. The molecular formula is C13H15NO2. The number of hydrogen-bond acceptors (Lipinski definition) is 2. The molecule has 0 bridgehead atoms. The van der Waals surface area contributed by atoms with Crippen LogP contribution in [0.4, 0.5) is 4.79 Å². The van der Waals surface area contributed by atoms with E-state index in [0.717, 1.165) is 5.56 Å². The first-order valence-electron chi connectivity index (χ1n) is 5.02. The number of nitrogens with one attached hydrogen (secondary N) is 1. The number of rotatable bonds is 0. The zero-order valence-corrected chi connectivity index (χ0v) is 9.70. The van der Waals surface area contributed by atoms with Crippen molar-refractivity contribution >= 4 is 6.09 Å². The Labute approximate surface area is 95.8 Å². The Morgan fingerprint density at radius 1 is 1.25 bits per heavy atom. The van der Waals surface area contributed by atoms with E-state index in [1.807, 2.05) is 30.3 Å². The normalized spacial score (nSPS) is 9.94. The third-order valence-electron chi connectivity index (χ3n) is 1.54. The quantitative estimate of drug-likeness (QED) is 0.535. The average molecular weight is 217 g/mol. The Bertz CT molecular complexity index is 407. The van der Waals surface area contributed by atoms with Gasteiger partial charge in [0, 0.05) is 11.6 Å². The maximum Gasteiger partial charge on any atom is 0.419 e. The highest BCUT2D eigenvalue weighted by Gasteiger charge is 2.14. The molecule has 0 spiro atoms. The van der Waals surface area contributed by atoms with E-state index in [0.29, 0.717) is 0 Å². The minimum absolute atomic E-state index is 0.501. The van der Waals surface area contributed by atoms with Gasteiger partial charge >= 0.3 is 6.09 Å². The first-order valence-corrected chi connectivity index (χ1v) is 5.02. The smallest absolute Gasteiger partial charge is 0.419 e. The molecule has 0 fully saturated rings. The summed E-state index contributed by atoms with van der Waals surface area (Å²) in [6.07, 6.45) is -0.532. The van der Waals surface area contributed by atoms with Crippen LogP contribution in [0.15, 0.2) is 30.3 Å². The summed E-state index contributed by atoms with van der Waals surface area (Å²) in [6, 6.07) is 12.0. The lowest BCUT2D eigenvalue weighted by atomic mass is 10.2. The molecule has 0 radical (unpaired) electrons. The molecule has 16 heavy (non-hydrogen) atoms. The van der Waals surface area contributed by atoms with Crippen LogP contribution in [-0.4, -0.2) is 11.7 Å². The number of benzene rings is 1. The Morgan fingerprint density at radius 3 is 2.44 bits per heavy atom. The summed E-state index contributed by atoms with van der Waals surface area (Å²) in [5.41, 5.74) is 0.344. The lowest BCUT2D eigenvalue weighted by molar-refractivity contribution is 0.0557. The molecule has 3 heteroatoms. The average Bonchev–Trinajstić information content (AvgIpc) is 2.16. The molecule has 84 valence electrons. The molecule has 0 aliphatic rings. The van der Waals surface area contributed by atoms with Gasteiger partial charge in [-0.05, 0) is 38.8 Å². The summed E-state index contributed by atoms with van der Waals surface area (Å²) in [5.74, 6) is 2.80. The zero-order chi connectivity index (χ0) is 12.0. The number of amides is 1. The summed E-state index contributed by atoms with van der Waals surface area (Å²) in [5, 5.41) is 2.37. The van der Waals surface area contributed by atoms with Gasteiger partial charge in [-0.2, -0.15) is 0 Å². The van der Waals surface area contributed by atoms with Crippen molar-refractivity contribution in [1.29, 1.82) is 0 Å². The van der Waals surface area contributed by atoms with Crippen LogP contribution in [-0.2, 0) is 4.74 Å². The van der Waals surface area contributed by atoms with Gasteiger partial charge in [-0.3, -0.25) is 0 Å². The predicted octanol–water partition coefficient (Wildman–Crippen LogP) is 2.52. The van der Waals surface area contributed by atoms with Crippen LogP contribution in [0.2, 0.25) is 0 Å². The SMILES string of the molecule is CC(C)(C)OC(=O)NC#Cc1ccccc1. The molecule has 0 saturated heterocycles. The van der Waals surface area contributed by atoms with E-state index in [1.165, 1.54) is 0 Å². The highest BCUT2D eigenvalue weighted by Crippen LogP contribution is 2.05. The van der Waals surface area contributed by atoms with Gasteiger partial charge in [0.05, 0.1) is 0 Å². The van der Waals surface area contributed by atoms with Gasteiger partial charge in [0.15, 0.2) is 0 Å². The maximum absolute atomic E-state index is 11.2. The minimum atomic E-state index is -0.532. The van der Waals surface area contributed by atoms with Crippen molar-refractivity contribution < 1.29 is 9.53 Å². The fourth-order valence-electron chi connectivity index (χ4n) is 0.980. The second-order valence-electron chi connectivity index (χ2n) is 4.24. The molecule has 0 aliphatic carbocycles. The van der Waals surface area contributed by atoms with Gasteiger partial charge < -0.3 is 4.74 Å². The summed E-state index contributed by atoms with van der Waals surface area (Å²) >= 11 is 0. The van der Waals surface area contributed by atoms with Crippen molar-refractivity contribution in [1.82, 2.24) is 5.32 Å². The number of alkyl carbamates (subject to hydrolysis) is 1. The van der Waals surface area contributed by atoms with Crippen molar-refractivity contribution in [3.8, 4) is 12.0 Å². The van der Waals surface area contributed by atoms with E-state index in [9.17, 15) is 4.79 Å². The molecule has 1 aromatic rings. The Morgan fingerprint density at radius 2 is 1.88 bits per heavy atom. The molecule has 0 saturated carbocycles. The number of carbonyl (C=O) groups excluding carboxylic acids is 1. The lowest BCUT2D eigenvalue weighted by Gasteiger charge is -2.18. The predicted molar refractivity (Wildman–Crippen MR) is 62.7 cm³/mol. The first-order chi connectivity index (χ1) is 7.47. The molecule has 1 aromatic carbocycles. The molecule has 0 heterocycles. The van der Waals surface area contributed by atoms with Crippen molar-refractivity contribution in [2.75, 3.05) is 0 Å². The number of ether oxygens (including phenoxy) is 1. The van der Waals surface area contributed by atoms with Crippen molar-refractivity contribution in [2.24, 2.45) is 0 Å². The molecule has 3 nitrogen and oxygen atoms in total. The van der Waals surface area contributed by atoms with E-state index in [-0.39, 0.29) is 0 Å². The highest BCUT2D eigenvalue weighted by molar-refractivity contribution is 5.70. The van der Waals surface area contributed by atoms with Gasteiger partial charge in [-0.15, -0.1) is 0 Å². The van der Waals surface area contributed by atoms with E-state index in [2.05, 4.69) is 17.3 Å². The molecule has 1 rings (SSSR count). The van der Waals surface area contributed by atoms with Crippen LogP contribution in [0.5, 0.6) is 0 Å². The monoisotopic (exact) mass is 217 g/mol. The zero-order valence-electron chi connectivity index (χ0n) is 9.70. The first kappa shape index (κ1) is 12.1. The van der Waals surface area contributed by atoms with Crippen molar-refractivity contribution in [3.63, 3.8) is 0 Å². The molecule has 0 unspecified atom stereocenters. The van der Waals surface area contributed by atoms with Crippen LogP contribution >= 0.6 is 0 Å². The molecule has 1 amide bonds. The topological polar surface area (TPSA) is 38.3 Å². The second-order valence-corrected chi connectivity index (χ2v) is 4.24. The maximum atomic E-state index is 11.2. The van der Waals surface area contributed by atoms with Gasteiger partial charge in [0.1, 0.15) is 5.60 Å². The molecule has 0 aliphatic heterocycles. The molecule has 0 aromatic heterocycles. The largest absolute Gasteiger partial charge is 0.443 e. The van der Waals surface area contributed by atoms with Crippen LogP contribution < -0.4 is 5.32 Å². The molecule has 0 atom stereocenters. The van der Waals surface area contributed by atoms with Crippen LogP contribution in [0.1, 0.15) is 26.3 Å². The van der Waals surface area contributed by atoms with E-state index < -0.39 is 11.7 Å². The van der Waals surface area contributed by atoms with Gasteiger partial charge in [0.25, 0.3) is 0 Å². The summed E-state index contributed by atoms with van der Waals surface area (Å²) in [4.78, 5) is 11.2. The Kier molecular flexibility index (Phi) is 3.96. The minimum Gasteiger partial charge on any atom is -0.443 e. The molecule has 1 N–H and O–H groups in total. The molecular weight excluding hydrogens is 202 g/mol. The van der Waals surface area contributed by atoms with Crippen LogP contribution in [0, 0.1) is 12.0 Å². The standard InChI is InChI=1S/C13H15NO2/c1-13(2,3)16-12(15)14-10-9-11-7-5-4-6-8-11/h4-8H,1-3H3,(H,14,15). The van der Waals surface area contributed by atoms with E-state index >= 15 is 0 Å². The van der Waals surface area contributed by atoms with Gasteiger partial charge in [-0.1, -0.05) is 18.2 Å². The van der Waals surface area contributed by atoms with Gasteiger partial charge in [-0.25, -0.2) is 10.1 Å². The fraction of sp³-hybridized carbons (Fsp3) is 0.308. The summed E-state index contributed by atoms with van der Waals surface area (Å²) in [7, 11) is 0. The number of hydrogen-bond donors (Lipinski definition) is 1. The van der Waals surface area contributed by atoms with Crippen molar-refractivity contribution in [3.05, 3.63) is 35.9 Å². The van der Waals surface area contributed by atoms with E-state index in [1.54, 1.807) is 20.8 Å². The second kappa shape index (κ2) is 5.22. The van der Waals surface area contributed by atoms with Gasteiger partial charge in [0.2, 0.25) is 0 Å². The Balaban J connectivity index is 2.47. The number of carbonyl (C=O) groups is 1. The third-order valence-corrected chi connectivity index (χ3v) is 1.54. The summed E-state index contributed by atoms with van der Waals surface area (Å²) < 4.78 is 5.02. The lowest BCUT2D eigenvalue weighted by Crippen LogP contribution is -2.29.